The molecule has 0 fully saturated rings. The second-order valence-electron chi connectivity index (χ2n) is 5.72. The third-order valence-corrected chi connectivity index (χ3v) is 4.14. The van der Waals surface area contributed by atoms with Gasteiger partial charge in [-0.05, 0) is 35.9 Å². The van der Waals surface area contributed by atoms with Gasteiger partial charge in [0.2, 0.25) is 5.91 Å². The molecule has 0 bridgehead atoms. The van der Waals surface area contributed by atoms with Crippen LogP contribution in [0.25, 0.3) is 0 Å². The van der Waals surface area contributed by atoms with Crippen LogP contribution in [0.5, 0.6) is 0 Å². The molecule has 0 spiro atoms. The summed E-state index contributed by atoms with van der Waals surface area (Å²) in [6.45, 7) is 0.640. The molecule has 2 amide bonds. The van der Waals surface area contributed by atoms with Gasteiger partial charge in [0.25, 0.3) is 5.91 Å². The van der Waals surface area contributed by atoms with Gasteiger partial charge in [-0.15, -0.1) is 0 Å². The fourth-order valence-corrected chi connectivity index (χ4v) is 2.73. The third kappa shape index (κ3) is 4.65. The monoisotopic (exact) mass is 384 g/mol. The molecule has 8 heteroatoms. The zero-order chi connectivity index (χ0) is 19.2. The van der Waals surface area contributed by atoms with E-state index in [1.165, 1.54) is 12.1 Å². The molecular weight excluding hydrogens is 368 g/mol. The Morgan fingerprint density at radius 3 is 2.67 bits per heavy atom. The number of primary amides is 1. The Morgan fingerprint density at radius 1 is 1.15 bits per heavy atom. The predicted molar refractivity (Wildman–Crippen MR) is 101 cm³/mol. The molecule has 3 rings (SSSR count). The highest BCUT2D eigenvalue weighted by molar-refractivity contribution is 6.34. The summed E-state index contributed by atoms with van der Waals surface area (Å²) in [5, 5.41) is 6.06. The maximum atomic E-state index is 12.7. The zero-order valence-electron chi connectivity index (χ0n) is 14.2. The van der Waals surface area contributed by atoms with E-state index in [4.69, 9.17) is 21.8 Å². The molecule has 0 unspecified atom stereocenters. The van der Waals surface area contributed by atoms with Gasteiger partial charge in [-0.2, -0.15) is 0 Å². The summed E-state index contributed by atoms with van der Waals surface area (Å²) < 4.78 is 5.28. The molecule has 27 heavy (non-hydrogen) atoms. The lowest BCUT2D eigenvalue weighted by molar-refractivity contribution is 0.0951. The van der Waals surface area contributed by atoms with Gasteiger partial charge in [0.15, 0.2) is 0 Å². The third-order valence-electron chi connectivity index (χ3n) is 3.83. The van der Waals surface area contributed by atoms with Crippen molar-refractivity contribution in [1.29, 1.82) is 0 Å². The Labute approximate surface area is 160 Å². The summed E-state index contributed by atoms with van der Waals surface area (Å²) in [4.78, 5) is 28.3. The molecular formula is C19H17ClN4O3. The van der Waals surface area contributed by atoms with E-state index < -0.39 is 5.91 Å². The van der Waals surface area contributed by atoms with Crippen molar-refractivity contribution in [1.82, 2.24) is 10.3 Å². The van der Waals surface area contributed by atoms with Crippen LogP contribution in [0.2, 0.25) is 5.02 Å². The van der Waals surface area contributed by atoms with Crippen LogP contribution in [0.3, 0.4) is 0 Å². The van der Waals surface area contributed by atoms with Gasteiger partial charge in [0, 0.05) is 24.6 Å². The molecule has 4 N–H and O–H groups in total. The molecule has 1 aromatic carbocycles. The van der Waals surface area contributed by atoms with Crippen LogP contribution in [-0.4, -0.2) is 16.8 Å². The van der Waals surface area contributed by atoms with E-state index in [-0.39, 0.29) is 22.1 Å². The van der Waals surface area contributed by atoms with Crippen molar-refractivity contribution in [3.63, 3.8) is 0 Å². The van der Waals surface area contributed by atoms with E-state index in [2.05, 4.69) is 15.6 Å². The molecule has 0 aliphatic rings. The van der Waals surface area contributed by atoms with Gasteiger partial charge in [-0.25, -0.2) is 0 Å². The fraction of sp³-hybridized carbons (Fsp3) is 0.105. The minimum Gasteiger partial charge on any atom is -0.467 e. The van der Waals surface area contributed by atoms with E-state index in [0.29, 0.717) is 24.5 Å². The lowest BCUT2D eigenvalue weighted by Crippen LogP contribution is -2.25. The van der Waals surface area contributed by atoms with E-state index in [0.717, 1.165) is 5.56 Å². The molecule has 7 nitrogen and oxygen atoms in total. The first kappa shape index (κ1) is 18.5. The number of hydrogen-bond donors (Lipinski definition) is 3. The van der Waals surface area contributed by atoms with Gasteiger partial charge in [0.05, 0.1) is 29.0 Å². The highest BCUT2D eigenvalue weighted by Crippen LogP contribution is 2.26. The number of hydrogen-bond acceptors (Lipinski definition) is 5. The molecule has 0 aliphatic heterocycles. The largest absolute Gasteiger partial charge is 0.467 e. The van der Waals surface area contributed by atoms with Crippen molar-refractivity contribution >= 4 is 29.1 Å². The number of amides is 2. The van der Waals surface area contributed by atoms with Crippen molar-refractivity contribution in [3.8, 4) is 0 Å². The zero-order valence-corrected chi connectivity index (χ0v) is 15.0. The molecule has 0 aliphatic carbocycles. The molecule has 0 saturated heterocycles. The van der Waals surface area contributed by atoms with Crippen LogP contribution in [0.1, 0.15) is 32.0 Å². The number of anilines is 1. The lowest BCUT2D eigenvalue weighted by atomic mass is 10.1. The Kier molecular flexibility index (Phi) is 5.73. The number of pyridine rings is 1. The average molecular weight is 385 g/mol. The normalized spacial score (nSPS) is 10.4. The summed E-state index contributed by atoms with van der Waals surface area (Å²) in [6.07, 6.45) is 4.87. The second kappa shape index (κ2) is 8.37. The number of carbonyl (C=O) groups excluding carboxylic acids is 2. The van der Waals surface area contributed by atoms with Gasteiger partial charge in [-0.1, -0.05) is 17.7 Å². The molecule has 0 saturated carbocycles. The first-order chi connectivity index (χ1) is 13.0. The van der Waals surface area contributed by atoms with Crippen LogP contribution in [0.15, 0.2) is 59.5 Å². The van der Waals surface area contributed by atoms with Crippen LogP contribution in [0.4, 0.5) is 5.69 Å². The van der Waals surface area contributed by atoms with Gasteiger partial charge >= 0.3 is 0 Å². The van der Waals surface area contributed by atoms with Crippen LogP contribution < -0.4 is 16.4 Å². The number of nitrogens with two attached hydrogens (primary N) is 1. The van der Waals surface area contributed by atoms with E-state index >= 15 is 0 Å². The standard InChI is InChI=1S/C19H17ClN4O3/c20-16-8-17(23-11-13-4-2-6-27-13)15(7-14(16)18(21)25)19(26)24-10-12-3-1-5-22-9-12/h1-9,23H,10-11H2,(H2,21,25)(H,24,26). The summed E-state index contributed by atoms with van der Waals surface area (Å²) in [5.74, 6) is -0.398. The number of nitrogens with zero attached hydrogens (tertiary/aromatic N) is 1. The van der Waals surface area contributed by atoms with Crippen LogP contribution >= 0.6 is 11.6 Å². The van der Waals surface area contributed by atoms with Crippen molar-refractivity contribution in [2.75, 3.05) is 5.32 Å². The van der Waals surface area contributed by atoms with E-state index in [1.807, 2.05) is 6.07 Å². The minimum atomic E-state index is -0.709. The Balaban J connectivity index is 1.84. The van der Waals surface area contributed by atoms with Gasteiger partial charge in [-0.3, -0.25) is 14.6 Å². The Hall–Kier alpha value is -3.32. The first-order valence-corrected chi connectivity index (χ1v) is 8.49. The minimum absolute atomic E-state index is 0.0757. The molecule has 0 atom stereocenters. The summed E-state index contributed by atoms with van der Waals surface area (Å²) in [7, 11) is 0. The maximum absolute atomic E-state index is 12.7. The van der Waals surface area contributed by atoms with Crippen LogP contribution in [-0.2, 0) is 13.1 Å². The number of rotatable bonds is 7. The molecule has 3 aromatic rings. The number of benzene rings is 1. The average Bonchev–Trinajstić information content (AvgIpc) is 3.18. The Morgan fingerprint density at radius 2 is 2.00 bits per heavy atom. The number of aromatic nitrogens is 1. The maximum Gasteiger partial charge on any atom is 0.253 e. The lowest BCUT2D eigenvalue weighted by Gasteiger charge is -2.14. The number of furan rings is 1. The number of carbonyl (C=O) groups is 2. The smallest absolute Gasteiger partial charge is 0.253 e. The second-order valence-corrected chi connectivity index (χ2v) is 6.13. The van der Waals surface area contributed by atoms with Crippen molar-refractivity contribution in [2.45, 2.75) is 13.1 Å². The highest BCUT2D eigenvalue weighted by atomic mass is 35.5. The summed E-state index contributed by atoms with van der Waals surface area (Å²) >= 11 is 6.13. The van der Waals surface area contributed by atoms with Crippen molar-refractivity contribution in [3.05, 3.63) is 82.5 Å². The highest BCUT2D eigenvalue weighted by Gasteiger charge is 2.18. The van der Waals surface area contributed by atoms with Crippen LogP contribution in [0, 0.1) is 0 Å². The Bertz CT molecular complexity index is 943. The van der Waals surface area contributed by atoms with Gasteiger partial charge < -0.3 is 20.8 Å². The van der Waals surface area contributed by atoms with Gasteiger partial charge in [0.1, 0.15) is 5.76 Å². The van der Waals surface area contributed by atoms with Crippen molar-refractivity contribution in [2.24, 2.45) is 5.73 Å². The number of halogens is 1. The SMILES string of the molecule is NC(=O)c1cc(C(=O)NCc2cccnc2)c(NCc2ccco2)cc1Cl. The molecule has 2 heterocycles. The molecule has 2 aromatic heterocycles. The van der Waals surface area contributed by atoms with Crippen molar-refractivity contribution < 1.29 is 14.0 Å². The fourth-order valence-electron chi connectivity index (χ4n) is 2.47. The number of nitrogens with one attached hydrogen (secondary N) is 2. The predicted octanol–water partition coefficient (Wildman–Crippen LogP) is 2.97. The quantitative estimate of drug-likeness (QED) is 0.580. The van der Waals surface area contributed by atoms with E-state index in [1.54, 1.807) is 36.9 Å². The summed E-state index contributed by atoms with van der Waals surface area (Å²) in [5.41, 5.74) is 6.99. The summed E-state index contributed by atoms with van der Waals surface area (Å²) in [6, 6.07) is 10.1. The molecule has 0 radical (unpaired) electrons. The molecule has 138 valence electrons. The topological polar surface area (TPSA) is 110 Å². The van der Waals surface area contributed by atoms with E-state index in [9.17, 15) is 9.59 Å². The first-order valence-electron chi connectivity index (χ1n) is 8.11.